The summed E-state index contributed by atoms with van der Waals surface area (Å²) in [5, 5.41) is 11.9. The highest BCUT2D eigenvalue weighted by Gasteiger charge is 2.06. The molecular formula is C17H20BrNO3. The maximum atomic E-state index is 8.77. The standard InChI is InChI=1S/C17H20BrNO3/c1-21-17-10-14(11-19-8-9-20)4-7-16(17)22-12-13-2-5-15(18)6-3-13/h2-7,10,19-20H,8-9,11-12H2,1H3. The molecule has 0 unspecified atom stereocenters. The molecule has 118 valence electrons. The normalized spacial score (nSPS) is 10.5. The van der Waals surface area contributed by atoms with Crippen molar-refractivity contribution in [2.45, 2.75) is 13.2 Å². The van der Waals surface area contributed by atoms with Gasteiger partial charge in [0.15, 0.2) is 11.5 Å². The van der Waals surface area contributed by atoms with Crippen LogP contribution in [0.3, 0.4) is 0 Å². The Kier molecular flexibility index (Phi) is 6.71. The number of hydrogen-bond donors (Lipinski definition) is 2. The molecule has 0 aliphatic rings. The quantitative estimate of drug-likeness (QED) is 0.705. The van der Waals surface area contributed by atoms with Gasteiger partial charge in [0.1, 0.15) is 6.61 Å². The summed E-state index contributed by atoms with van der Waals surface area (Å²) in [7, 11) is 1.63. The maximum absolute atomic E-state index is 8.77. The van der Waals surface area contributed by atoms with E-state index in [1.165, 1.54) is 0 Å². The first-order chi connectivity index (χ1) is 10.7. The summed E-state index contributed by atoms with van der Waals surface area (Å²) in [5.41, 5.74) is 2.18. The van der Waals surface area contributed by atoms with Crippen LogP contribution in [0.1, 0.15) is 11.1 Å². The van der Waals surface area contributed by atoms with E-state index in [4.69, 9.17) is 14.6 Å². The second-order valence-electron chi connectivity index (χ2n) is 4.80. The van der Waals surface area contributed by atoms with Crippen LogP contribution in [0.2, 0.25) is 0 Å². The highest BCUT2D eigenvalue weighted by Crippen LogP contribution is 2.29. The van der Waals surface area contributed by atoms with Crippen molar-refractivity contribution in [3.63, 3.8) is 0 Å². The third-order valence-corrected chi connectivity index (χ3v) is 3.68. The number of methoxy groups -OCH3 is 1. The zero-order valence-corrected chi connectivity index (χ0v) is 14.1. The van der Waals surface area contributed by atoms with Crippen LogP contribution in [0, 0.1) is 0 Å². The number of aliphatic hydroxyl groups excluding tert-OH is 1. The van der Waals surface area contributed by atoms with E-state index in [0.717, 1.165) is 21.3 Å². The van der Waals surface area contributed by atoms with Crippen molar-refractivity contribution in [1.29, 1.82) is 0 Å². The predicted octanol–water partition coefficient (Wildman–Crippen LogP) is 3.12. The maximum Gasteiger partial charge on any atom is 0.161 e. The van der Waals surface area contributed by atoms with Gasteiger partial charge in [-0.3, -0.25) is 0 Å². The van der Waals surface area contributed by atoms with E-state index < -0.39 is 0 Å². The molecule has 4 nitrogen and oxygen atoms in total. The molecular weight excluding hydrogens is 346 g/mol. The van der Waals surface area contributed by atoms with Crippen molar-refractivity contribution in [2.24, 2.45) is 0 Å². The van der Waals surface area contributed by atoms with Crippen molar-refractivity contribution in [3.05, 3.63) is 58.1 Å². The van der Waals surface area contributed by atoms with Crippen LogP contribution < -0.4 is 14.8 Å². The van der Waals surface area contributed by atoms with Crippen LogP contribution in [0.4, 0.5) is 0 Å². The van der Waals surface area contributed by atoms with Gasteiger partial charge in [0.2, 0.25) is 0 Å². The zero-order chi connectivity index (χ0) is 15.8. The lowest BCUT2D eigenvalue weighted by Crippen LogP contribution is -2.17. The Morgan fingerprint density at radius 1 is 1.05 bits per heavy atom. The van der Waals surface area contributed by atoms with Gasteiger partial charge in [0.05, 0.1) is 13.7 Å². The second kappa shape index (κ2) is 8.78. The predicted molar refractivity (Wildman–Crippen MR) is 90.3 cm³/mol. The van der Waals surface area contributed by atoms with Crippen LogP contribution >= 0.6 is 15.9 Å². The molecule has 0 aromatic heterocycles. The number of hydrogen-bond acceptors (Lipinski definition) is 4. The fourth-order valence-corrected chi connectivity index (χ4v) is 2.26. The highest BCUT2D eigenvalue weighted by molar-refractivity contribution is 9.10. The molecule has 0 fully saturated rings. The lowest BCUT2D eigenvalue weighted by molar-refractivity contribution is 0.284. The van der Waals surface area contributed by atoms with Gasteiger partial charge in [0.25, 0.3) is 0 Å². The Labute approximate surface area is 139 Å². The van der Waals surface area contributed by atoms with Crippen molar-refractivity contribution < 1.29 is 14.6 Å². The molecule has 0 heterocycles. The van der Waals surface area contributed by atoms with Gasteiger partial charge in [-0.2, -0.15) is 0 Å². The third-order valence-electron chi connectivity index (χ3n) is 3.15. The molecule has 0 aliphatic heterocycles. The van der Waals surface area contributed by atoms with Crippen LogP contribution in [-0.4, -0.2) is 25.4 Å². The average molecular weight is 366 g/mol. The Bertz CT molecular complexity index is 587. The van der Waals surface area contributed by atoms with E-state index in [1.54, 1.807) is 7.11 Å². The average Bonchev–Trinajstić information content (AvgIpc) is 2.55. The molecule has 2 N–H and O–H groups in total. The van der Waals surface area contributed by atoms with Gasteiger partial charge >= 0.3 is 0 Å². The highest BCUT2D eigenvalue weighted by atomic mass is 79.9. The van der Waals surface area contributed by atoms with Gasteiger partial charge in [-0.1, -0.05) is 34.1 Å². The summed E-state index contributed by atoms with van der Waals surface area (Å²) in [4.78, 5) is 0. The first-order valence-corrected chi connectivity index (χ1v) is 7.88. The van der Waals surface area contributed by atoms with E-state index in [2.05, 4.69) is 21.2 Å². The molecule has 2 rings (SSSR count). The molecule has 0 saturated heterocycles. The molecule has 0 saturated carbocycles. The molecule has 5 heteroatoms. The number of nitrogens with one attached hydrogen (secondary N) is 1. The number of benzene rings is 2. The molecule has 0 spiro atoms. The van der Waals surface area contributed by atoms with Crippen LogP contribution in [0.15, 0.2) is 46.9 Å². The number of ether oxygens (including phenoxy) is 2. The van der Waals surface area contributed by atoms with E-state index in [1.807, 2.05) is 42.5 Å². The molecule has 22 heavy (non-hydrogen) atoms. The minimum absolute atomic E-state index is 0.130. The van der Waals surface area contributed by atoms with E-state index in [0.29, 0.717) is 25.4 Å². The first-order valence-electron chi connectivity index (χ1n) is 7.08. The van der Waals surface area contributed by atoms with Crippen LogP contribution in [-0.2, 0) is 13.2 Å². The summed E-state index contributed by atoms with van der Waals surface area (Å²) in [5.74, 6) is 1.43. The van der Waals surface area contributed by atoms with E-state index in [-0.39, 0.29) is 6.61 Å². The summed E-state index contributed by atoms with van der Waals surface area (Å²) in [6.07, 6.45) is 0. The van der Waals surface area contributed by atoms with Crippen molar-refractivity contribution in [3.8, 4) is 11.5 Å². The van der Waals surface area contributed by atoms with Crippen molar-refractivity contribution >= 4 is 15.9 Å². The minimum Gasteiger partial charge on any atom is -0.493 e. The van der Waals surface area contributed by atoms with Crippen molar-refractivity contribution in [2.75, 3.05) is 20.3 Å². The van der Waals surface area contributed by atoms with Gasteiger partial charge in [-0.25, -0.2) is 0 Å². The lowest BCUT2D eigenvalue weighted by Gasteiger charge is -2.12. The molecule has 0 atom stereocenters. The Morgan fingerprint density at radius 2 is 1.77 bits per heavy atom. The minimum atomic E-state index is 0.130. The Hall–Kier alpha value is -1.56. The lowest BCUT2D eigenvalue weighted by atomic mass is 10.2. The van der Waals surface area contributed by atoms with Crippen LogP contribution in [0.5, 0.6) is 11.5 Å². The SMILES string of the molecule is COc1cc(CNCCO)ccc1OCc1ccc(Br)cc1. The summed E-state index contributed by atoms with van der Waals surface area (Å²) < 4.78 is 12.3. The third kappa shape index (κ3) is 5.02. The number of halogens is 1. The number of aliphatic hydroxyl groups is 1. The fourth-order valence-electron chi connectivity index (χ4n) is 1.99. The fraction of sp³-hybridized carbons (Fsp3) is 0.294. The largest absolute Gasteiger partial charge is 0.493 e. The molecule has 2 aromatic carbocycles. The van der Waals surface area contributed by atoms with Gasteiger partial charge in [0, 0.05) is 17.6 Å². The molecule has 2 aromatic rings. The van der Waals surface area contributed by atoms with Gasteiger partial charge in [-0.15, -0.1) is 0 Å². The van der Waals surface area contributed by atoms with Gasteiger partial charge < -0.3 is 19.9 Å². The van der Waals surface area contributed by atoms with Crippen molar-refractivity contribution in [1.82, 2.24) is 5.32 Å². The monoisotopic (exact) mass is 365 g/mol. The second-order valence-corrected chi connectivity index (χ2v) is 5.72. The zero-order valence-electron chi connectivity index (χ0n) is 12.5. The van der Waals surface area contributed by atoms with E-state index in [9.17, 15) is 0 Å². The van der Waals surface area contributed by atoms with Crippen LogP contribution in [0.25, 0.3) is 0 Å². The molecule has 0 bridgehead atoms. The smallest absolute Gasteiger partial charge is 0.161 e. The first kappa shape index (κ1) is 16.8. The summed E-state index contributed by atoms with van der Waals surface area (Å²) >= 11 is 3.42. The topological polar surface area (TPSA) is 50.7 Å². The Balaban J connectivity index is 1.99. The molecule has 0 radical (unpaired) electrons. The van der Waals surface area contributed by atoms with E-state index >= 15 is 0 Å². The molecule has 0 aliphatic carbocycles. The Morgan fingerprint density at radius 3 is 2.45 bits per heavy atom. The summed E-state index contributed by atoms with van der Waals surface area (Å²) in [6, 6.07) is 13.9. The van der Waals surface area contributed by atoms with Gasteiger partial charge in [-0.05, 0) is 35.4 Å². The molecule has 0 amide bonds. The summed E-state index contributed by atoms with van der Waals surface area (Å²) in [6.45, 7) is 1.88. The number of rotatable bonds is 8.